The van der Waals surface area contributed by atoms with Gasteiger partial charge in [-0.05, 0) is 37.0 Å². The van der Waals surface area contributed by atoms with Crippen LogP contribution in [0.3, 0.4) is 0 Å². The highest BCUT2D eigenvalue weighted by Gasteiger charge is 2.24. The molecule has 110 valence electrons. The van der Waals surface area contributed by atoms with Crippen molar-refractivity contribution in [3.05, 3.63) is 34.9 Å². The molecule has 1 atom stereocenters. The van der Waals surface area contributed by atoms with Gasteiger partial charge in [-0.25, -0.2) is 0 Å². The summed E-state index contributed by atoms with van der Waals surface area (Å²) in [6, 6.07) is 8.02. The van der Waals surface area contributed by atoms with E-state index in [4.69, 9.17) is 17.3 Å². The standard InChI is InChI=1S/C15H21ClN2OS/c16-13-5-3-4-12(8-13)10-20-11-15(19)18-7-2-1-6-14(18)9-17/h3-5,8,14H,1-2,6-7,9-11,17H2. The maximum atomic E-state index is 12.2. The second-order valence-electron chi connectivity index (χ2n) is 5.10. The van der Waals surface area contributed by atoms with Gasteiger partial charge in [0.1, 0.15) is 0 Å². The number of amides is 1. The molecule has 0 aliphatic carbocycles. The van der Waals surface area contributed by atoms with Crippen molar-refractivity contribution in [1.82, 2.24) is 4.90 Å². The SMILES string of the molecule is NCC1CCCCN1C(=O)CSCc1cccc(Cl)c1. The van der Waals surface area contributed by atoms with Crippen molar-refractivity contribution in [2.45, 2.75) is 31.1 Å². The Kier molecular flexibility index (Phi) is 6.20. The molecule has 1 aromatic carbocycles. The van der Waals surface area contributed by atoms with Crippen LogP contribution in [0.2, 0.25) is 5.02 Å². The van der Waals surface area contributed by atoms with Crippen molar-refractivity contribution in [3.63, 3.8) is 0 Å². The fourth-order valence-electron chi connectivity index (χ4n) is 2.54. The summed E-state index contributed by atoms with van der Waals surface area (Å²) in [5, 5.41) is 0.744. The number of nitrogens with zero attached hydrogens (tertiary/aromatic N) is 1. The first-order valence-electron chi connectivity index (χ1n) is 7.02. The van der Waals surface area contributed by atoms with Crippen LogP contribution in [0.15, 0.2) is 24.3 Å². The van der Waals surface area contributed by atoms with E-state index >= 15 is 0 Å². The molecule has 0 bridgehead atoms. The summed E-state index contributed by atoms with van der Waals surface area (Å²) in [5.74, 6) is 1.54. The molecule has 1 unspecified atom stereocenters. The second-order valence-corrected chi connectivity index (χ2v) is 6.52. The minimum Gasteiger partial charge on any atom is -0.338 e. The minimum atomic E-state index is 0.215. The lowest BCUT2D eigenvalue weighted by atomic mass is 10.0. The first-order valence-corrected chi connectivity index (χ1v) is 8.55. The number of likely N-dealkylation sites (tertiary alicyclic amines) is 1. The Bertz CT molecular complexity index is 455. The number of hydrogen-bond acceptors (Lipinski definition) is 3. The van der Waals surface area contributed by atoms with E-state index in [0.717, 1.165) is 35.7 Å². The number of thioether (sulfide) groups is 1. The molecule has 0 radical (unpaired) electrons. The van der Waals surface area contributed by atoms with E-state index in [-0.39, 0.29) is 11.9 Å². The van der Waals surface area contributed by atoms with Gasteiger partial charge in [-0.2, -0.15) is 0 Å². The number of carbonyl (C=O) groups is 1. The number of halogens is 1. The summed E-state index contributed by atoms with van der Waals surface area (Å²) in [5.41, 5.74) is 6.91. The Labute approximate surface area is 129 Å². The van der Waals surface area contributed by atoms with Crippen LogP contribution in [0, 0.1) is 0 Å². The van der Waals surface area contributed by atoms with Gasteiger partial charge in [0.05, 0.1) is 5.75 Å². The predicted octanol–water partition coefficient (Wildman–Crippen LogP) is 2.91. The van der Waals surface area contributed by atoms with E-state index in [1.54, 1.807) is 11.8 Å². The first kappa shape index (κ1) is 15.7. The maximum Gasteiger partial charge on any atom is 0.232 e. The Morgan fingerprint density at radius 1 is 1.45 bits per heavy atom. The lowest BCUT2D eigenvalue weighted by Gasteiger charge is -2.35. The normalized spacial score (nSPS) is 19.1. The van der Waals surface area contributed by atoms with Crippen molar-refractivity contribution in [2.75, 3.05) is 18.8 Å². The highest BCUT2D eigenvalue weighted by molar-refractivity contribution is 7.99. The van der Waals surface area contributed by atoms with Crippen molar-refractivity contribution in [2.24, 2.45) is 5.73 Å². The van der Waals surface area contributed by atoms with E-state index in [2.05, 4.69) is 0 Å². The molecule has 0 saturated carbocycles. The van der Waals surface area contributed by atoms with Crippen LogP contribution in [0.25, 0.3) is 0 Å². The summed E-state index contributed by atoms with van der Waals surface area (Å²) in [6.07, 6.45) is 3.32. The summed E-state index contributed by atoms with van der Waals surface area (Å²) in [6.45, 7) is 1.43. The minimum absolute atomic E-state index is 0.215. The average Bonchev–Trinajstić information content (AvgIpc) is 2.47. The molecule has 2 rings (SSSR count). The molecular weight excluding hydrogens is 292 g/mol. The average molecular weight is 313 g/mol. The molecule has 0 spiro atoms. The number of carbonyl (C=O) groups excluding carboxylic acids is 1. The van der Waals surface area contributed by atoms with E-state index in [9.17, 15) is 4.79 Å². The van der Waals surface area contributed by atoms with E-state index in [1.807, 2.05) is 29.2 Å². The molecule has 1 fully saturated rings. The number of hydrogen-bond donors (Lipinski definition) is 1. The van der Waals surface area contributed by atoms with E-state index in [1.165, 1.54) is 6.42 Å². The summed E-state index contributed by atoms with van der Waals surface area (Å²) < 4.78 is 0. The van der Waals surface area contributed by atoms with Crippen LogP contribution in [-0.4, -0.2) is 35.7 Å². The van der Waals surface area contributed by atoms with Gasteiger partial charge in [0.2, 0.25) is 5.91 Å². The van der Waals surface area contributed by atoms with Gasteiger partial charge in [-0.3, -0.25) is 4.79 Å². The van der Waals surface area contributed by atoms with Gasteiger partial charge >= 0.3 is 0 Å². The molecule has 1 saturated heterocycles. The third kappa shape index (κ3) is 4.40. The summed E-state index contributed by atoms with van der Waals surface area (Å²) in [4.78, 5) is 14.2. The molecular formula is C15H21ClN2OS. The van der Waals surface area contributed by atoms with Gasteiger partial charge in [0.15, 0.2) is 0 Å². The second kappa shape index (κ2) is 7.91. The fraction of sp³-hybridized carbons (Fsp3) is 0.533. The number of rotatable bonds is 5. The molecule has 5 heteroatoms. The highest BCUT2D eigenvalue weighted by atomic mass is 35.5. The third-order valence-corrected chi connectivity index (χ3v) is 4.83. The van der Waals surface area contributed by atoms with Crippen LogP contribution in [0.4, 0.5) is 0 Å². The summed E-state index contributed by atoms with van der Waals surface area (Å²) in [7, 11) is 0. The zero-order valence-corrected chi connectivity index (χ0v) is 13.1. The largest absolute Gasteiger partial charge is 0.338 e. The molecule has 1 aromatic rings. The lowest BCUT2D eigenvalue weighted by molar-refractivity contribution is -0.131. The number of nitrogens with two attached hydrogens (primary N) is 1. The Balaban J connectivity index is 1.79. The quantitative estimate of drug-likeness (QED) is 0.909. The van der Waals surface area contributed by atoms with Crippen molar-refractivity contribution in [3.8, 4) is 0 Å². The van der Waals surface area contributed by atoms with Crippen LogP contribution >= 0.6 is 23.4 Å². The molecule has 20 heavy (non-hydrogen) atoms. The predicted molar refractivity (Wildman–Crippen MR) is 86.0 cm³/mol. The molecule has 1 heterocycles. The lowest BCUT2D eigenvalue weighted by Crippen LogP contribution is -2.48. The van der Waals surface area contributed by atoms with Gasteiger partial charge in [0, 0.05) is 29.9 Å². The molecule has 1 aliphatic heterocycles. The maximum absolute atomic E-state index is 12.2. The van der Waals surface area contributed by atoms with Crippen LogP contribution in [0.5, 0.6) is 0 Å². The Morgan fingerprint density at radius 2 is 2.30 bits per heavy atom. The first-order chi connectivity index (χ1) is 9.70. The zero-order valence-electron chi connectivity index (χ0n) is 11.6. The van der Waals surface area contributed by atoms with Crippen molar-refractivity contribution in [1.29, 1.82) is 0 Å². The van der Waals surface area contributed by atoms with Crippen LogP contribution in [0.1, 0.15) is 24.8 Å². The summed E-state index contributed by atoms with van der Waals surface area (Å²) >= 11 is 7.59. The number of benzene rings is 1. The van der Waals surface area contributed by atoms with Crippen LogP contribution in [-0.2, 0) is 10.5 Å². The van der Waals surface area contributed by atoms with E-state index < -0.39 is 0 Å². The smallest absolute Gasteiger partial charge is 0.232 e. The third-order valence-electron chi connectivity index (χ3n) is 3.60. The highest BCUT2D eigenvalue weighted by Crippen LogP contribution is 2.20. The van der Waals surface area contributed by atoms with E-state index in [0.29, 0.717) is 12.3 Å². The molecule has 2 N–H and O–H groups in total. The van der Waals surface area contributed by atoms with Gasteiger partial charge in [-0.1, -0.05) is 23.7 Å². The van der Waals surface area contributed by atoms with Crippen LogP contribution < -0.4 is 5.73 Å². The zero-order chi connectivity index (χ0) is 14.4. The van der Waals surface area contributed by atoms with Crippen molar-refractivity contribution < 1.29 is 4.79 Å². The topological polar surface area (TPSA) is 46.3 Å². The van der Waals surface area contributed by atoms with Gasteiger partial charge in [0.25, 0.3) is 0 Å². The Morgan fingerprint density at radius 3 is 3.05 bits per heavy atom. The molecule has 1 amide bonds. The van der Waals surface area contributed by atoms with Gasteiger partial charge in [-0.15, -0.1) is 11.8 Å². The Hall–Kier alpha value is -0.710. The fourth-order valence-corrected chi connectivity index (χ4v) is 3.61. The number of piperidine rings is 1. The van der Waals surface area contributed by atoms with Gasteiger partial charge < -0.3 is 10.6 Å². The molecule has 0 aromatic heterocycles. The molecule has 3 nitrogen and oxygen atoms in total. The molecule has 1 aliphatic rings. The van der Waals surface area contributed by atoms with Crippen molar-refractivity contribution >= 4 is 29.3 Å². The monoisotopic (exact) mass is 312 g/mol.